The molecule has 0 bridgehead atoms. The Balaban J connectivity index is 0.00000300. The predicted octanol–water partition coefficient (Wildman–Crippen LogP) is 2.25. The van der Waals surface area contributed by atoms with Crippen LogP contribution >= 0.6 is 23.2 Å². The lowest BCUT2D eigenvalue weighted by molar-refractivity contribution is -0.907. The predicted molar refractivity (Wildman–Crippen MR) is 115 cm³/mol. The second-order valence-electron chi connectivity index (χ2n) is 8.11. The van der Waals surface area contributed by atoms with Gasteiger partial charge in [0.25, 0.3) is 5.91 Å². The molecule has 0 saturated carbocycles. The zero-order valence-electron chi connectivity index (χ0n) is 16.8. The van der Waals surface area contributed by atoms with Gasteiger partial charge in [-0.1, -0.05) is 35.3 Å². The molecule has 0 atom stereocenters. The van der Waals surface area contributed by atoms with Crippen molar-refractivity contribution in [3.63, 3.8) is 0 Å². The molecule has 2 aromatic rings. The number of nitrogens with zero attached hydrogens (tertiary/aromatic N) is 1. The maximum Gasteiger partial charge on any atom is 0.255 e. The van der Waals surface area contributed by atoms with Gasteiger partial charge in [0, 0.05) is 35.9 Å². The summed E-state index contributed by atoms with van der Waals surface area (Å²) in [6.45, 7) is 3.88. The minimum absolute atomic E-state index is 0. The van der Waals surface area contributed by atoms with E-state index in [1.165, 1.54) is 5.56 Å². The maximum atomic E-state index is 12.4. The van der Waals surface area contributed by atoms with Crippen LogP contribution in [0.5, 0.6) is 0 Å². The molecule has 1 saturated heterocycles. The van der Waals surface area contributed by atoms with E-state index >= 15 is 0 Å². The number of benzene rings is 2. The van der Waals surface area contributed by atoms with Gasteiger partial charge in [0.2, 0.25) is 0 Å². The Labute approximate surface area is 200 Å². The van der Waals surface area contributed by atoms with E-state index in [0.717, 1.165) is 55.2 Å². The van der Waals surface area contributed by atoms with Crippen LogP contribution in [-0.4, -0.2) is 44.2 Å². The van der Waals surface area contributed by atoms with Gasteiger partial charge >= 0.3 is 0 Å². The quantitative estimate of drug-likeness (QED) is 0.444. The van der Waals surface area contributed by atoms with Gasteiger partial charge in [-0.15, -0.1) is 0 Å². The molecular weight excluding hydrogens is 522 g/mol. The van der Waals surface area contributed by atoms with Crippen molar-refractivity contribution in [3.05, 3.63) is 63.6 Å². The zero-order chi connectivity index (χ0) is 20.1. The van der Waals surface area contributed by atoms with E-state index in [4.69, 9.17) is 27.9 Å². The Morgan fingerprint density at radius 1 is 1.07 bits per heavy atom. The summed E-state index contributed by atoms with van der Waals surface area (Å²) in [6, 6.07) is 12.9. The Hall–Kier alpha value is -0.860. The first kappa shape index (κ1) is 24.4. The van der Waals surface area contributed by atoms with Crippen LogP contribution in [0.25, 0.3) is 0 Å². The first-order chi connectivity index (χ1) is 13.3. The third kappa shape index (κ3) is 7.40. The molecule has 1 aliphatic rings. The summed E-state index contributed by atoms with van der Waals surface area (Å²) >= 11 is 11.9. The van der Waals surface area contributed by atoms with Crippen LogP contribution in [0, 0.1) is 5.92 Å². The normalized spacial score (nSPS) is 14.9. The molecular formula is C22H27Cl2IN2O2. The topological polar surface area (TPSA) is 38.3 Å². The molecule has 1 fully saturated rings. The number of rotatable bonds is 6. The molecule has 29 heavy (non-hydrogen) atoms. The van der Waals surface area contributed by atoms with Crippen molar-refractivity contribution >= 4 is 34.8 Å². The second kappa shape index (κ2) is 11.0. The third-order valence-electron chi connectivity index (χ3n) is 5.10. The summed E-state index contributed by atoms with van der Waals surface area (Å²) in [5.41, 5.74) is 2.49. The molecule has 1 N–H and O–H groups in total. The molecule has 2 aromatic carbocycles. The van der Waals surface area contributed by atoms with Gasteiger partial charge in [0.05, 0.1) is 30.7 Å². The number of carbonyl (C=O) groups is 1. The van der Waals surface area contributed by atoms with Crippen LogP contribution in [0.2, 0.25) is 10.0 Å². The van der Waals surface area contributed by atoms with Crippen LogP contribution < -0.4 is 29.3 Å². The molecule has 4 nitrogen and oxygen atoms in total. The number of carbonyl (C=O) groups excluding carboxylic acids is 1. The summed E-state index contributed by atoms with van der Waals surface area (Å²) in [7, 11) is 4.55. The Morgan fingerprint density at radius 3 is 2.34 bits per heavy atom. The minimum Gasteiger partial charge on any atom is -1.00 e. The van der Waals surface area contributed by atoms with E-state index < -0.39 is 0 Å². The van der Waals surface area contributed by atoms with Crippen LogP contribution in [0.1, 0.15) is 28.8 Å². The van der Waals surface area contributed by atoms with Gasteiger partial charge in [0.15, 0.2) is 0 Å². The van der Waals surface area contributed by atoms with Crippen LogP contribution in [0.3, 0.4) is 0 Å². The highest BCUT2D eigenvalue weighted by molar-refractivity contribution is 6.42. The molecule has 1 aliphatic heterocycles. The summed E-state index contributed by atoms with van der Waals surface area (Å²) in [5.74, 6) is 0.524. The van der Waals surface area contributed by atoms with Gasteiger partial charge < -0.3 is 38.5 Å². The lowest BCUT2D eigenvalue weighted by atomic mass is 9.98. The molecule has 158 valence electrons. The molecule has 7 heteroatoms. The number of hydrogen-bond donors (Lipinski definition) is 1. The fourth-order valence-corrected chi connectivity index (χ4v) is 4.02. The minimum atomic E-state index is -0.207. The highest BCUT2D eigenvalue weighted by Gasteiger charge is 2.24. The first-order valence-corrected chi connectivity index (χ1v) is 10.3. The summed E-state index contributed by atoms with van der Waals surface area (Å²) in [5, 5.41) is 3.70. The fourth-order valence-electron chi connectivity index (χ4n) is 3.72. The smallest absolute Gasteiger partial charge is 0.255 e. The van der Waals surface area contributed by atoms with Crippen molar-refractivity contribution in [3.8, 4) is 0 Å². The number of halogens is 3. The summed E-state index contributed by atoms with van der Waals surface area (Å²) in [4.78, 5) is 12.4. The number of ether oxygens (including phenoxy) is 1. The summed E-state index contributed by atoms with van der Waals surface area (Å²) < 4.78 is 6.41. The number of quaternary nitrogens is 1. The molecule has 1 heterocycles. The van der Waals surface area contributed by atoms with Crippen LogP contribution in [-0.2, 0) is 11.3 Å². The largest absolute Gasteiger partial charge is 1.00 e. The Morgan fingerprint density at radius 2 is 1.72 bits per heavy atom. The highest BCUT2D eigenvalue weighted by atomic mass is 127. The second-order valence-corrected chi connectivity index (χ2v) is 8.93. The van der Waals surface area contributed by atoms with E-state index in [-0.39, 0.29) is 29.9 Å². The molecule has 3 rings (SSSR count). The van der Waals surface area contributed by atoms with Crippen molar-refractivity contribution in [2.75, 3.05) is 39.2 Å². The number of nitrogens with one attached hydrogen (secondary N) is 1. The van der Waals surface area contributed by atoms with Crippen molar-refractivity contribution in [2.45, 2.75) is 19.4 Å². The molecule has 0 spiro atoms. The first-order valence-electron chi connectivity index (χ1n) is 9.57. The third-order valence-corrected chi connectivity index (χ3v) is 5.84. The number of amides is 1. The lowest BCUT2D eigenvalue weighted by Crippen LogP contribution is -3.00. The van der Waals surface area contributed by atoms with E-state index in [0.29, 0.717) is 15.6 Å². The van der Waals surface area contributed by atoms with Gasteiger partial charge in [-0.25, -0.2) is 0 Å². The average molecular weight is 549 g/mol. The molecule has 0 radical (unpaired) electrons. The monoisotopic (exact) mass is 548 g/mol. The standard InChI is InChI=1S/C22H26Cl2N2O2.HI/c1-26(2,15-17-9-11-28-12-10-17)14-16-3-6-19(7-4-16)25-22(27)18-5-8-20(23)21(24)13-18;/h3-8,13,17H,9-12,14-15H2,1-2H3;1H. The van der Waals surface area contributed by atoms with Crippen LogP contribution in [0.15, 0.2) is 42.5 Å². The average Bonchev–Trinajstić information content (AvgIpc) is 2.65. The summed E-state index contributed by atoms with van der Waals surface area (Å²) in [6.07, 6.45) is 2.31. The SMILES string of the molecule is C[N+](C)(Cc1ccc(NC(=O)c2ccc(Cl)c(Cl)c2)cc1)CC1CCOCC1.[I-]. The Bertz CT molecular complexity index is 822. The molecule has 0 aliphatic carbocycles. The van der Waals surface area contributed by atoms with Crippen LogP contribution in [0.4, 0.5) is 5.69 Å². The van der Waals surface area contributed by atoms with E-state index in [2.05, 4.69) is 31.5 Å². The fraction of sp³-hybridized carbons (Fsp3) is 0.409. The van der Waals surface area contributed by atoms with Crippen molar-refractivity contribution in [1.82, 2.24) is 0 Å². The molecule has 0 aromatic heterocycles. The molecule has 1 amide bonds. The zero-order valence-corrected chi connectivity index (χ0v) is 20.4. The van der Waals surface area contributed by atoms with Crippen molar-refractivity contribution < 1.29 is 38.0 Å². The lowest BCUT2D eigenvalue weighted by Gasteiger charge is -2.35. The van der Waals surface area contributed by atoms with Crippen molar-refractivity contribution in [2.24, 2.45) is 5.92 Å². The van der Waals surface area contributed by atoms with Gasteiger partial charge in [-0.2, -0.15) is 0 Å². The maximum absolute atomic E-state index is 12.4. The van der Waals surface area contributed by atoms with Gasteiger partial charge in [-0.3, -0.25) is 4.79 Å². The van der Waals surface area contributed by atoms with Gasteiger partial charge in [-0.05, 0) is 43.2 Å². The van der Waals surface area contributed by atoms with Crippen molar-refractivity contribution in [1.29, 1.82) is 0 Å². The van der Waals surface area contributed by atoms with E-state index in [1.807, 2.05) is 12.1 Å². The Kier molecular flexibility index (Phi) is 9.22. The molecule has 0 unspecified atom stereocenters. The van der Waals surface area contributed by atoms with E-state index in [9.17, 15) is 4.79 Å². The highest BCUT2D eigenvalue weighted by Crippen LogP contribution is 2.24. The number of anilines is 1. The van der Waals surface area contributed by atoms with E-state index in [1.54, 1.807) is 18.2 Å². The number of hydrogen-bond acceptors (Lipinski definition) is 2. The van der Waals surface area contributed by atoms with Gasteiger partial charge in [0.1, 0.15) is 6.54 Å².